The van der Waals surface area contributed by atoms with Crippen molar-refractivity contribution in [2.24, 2.45) is 5.73 Å². The maximum absolute atomic E-state index is 12.2. The molecule has 6 nitrogen and oxygen atoms in total. The van der Waals surface area contributed by atoms with Gasteiger partial charge in [-0.2, -0.15) is 0 Å². The van der Waals surface area contributed by atoms with Gasteiger partial charge in [0.2, 0.25) is 0 Å². The molecule has 1 aromatic rings. The Morgan fingerprint density at radius 3 is 2.67 bits per heavy atom. The van der Waals surface area contributed by atoms with E-state index < -0.39 is 0 Å². The van der Waals surface area contributed by atoms with Crippen molar-refractivity contribution in [3.05, 3.63) is 17.8 Å². The van der Waals surface area contributed by atoms with Crippen molar-refractivity contribution in [3.63, 3.8) is 0 Å². The number of carbonyl (C=O) groups is 1. The third-order valence-electron chi connectivity index (χ3n) is 4.36. The van der Waals surface area contributed by atoms with Crippen LogP contribution < -0.4 is 16.0 Å². The molecule has 114 valence electrons. The number of amides is 1. The highest BCUT2D eigenvalue weighted by atomic mass is 16.2. The van der Waals surface area contributed by atoms with Crippen LogP contribution in [-0.4, -0.2) is 41.3 Å². The molecule has 2 heterocycles. The van der Waals surface area contributed by atoms with Gasteiger partial charge in [-0.15, -0.1) is 10.2 Å². The van der Waals surface area contributed by atoms with Crippen molar-refractivity contribution in [3.8, 4) is 0 Å². The van der Waals surface area contributed by atoms with E-state index in [0.717, 1.165) is 44.6 Å². The molecule has 3 N–H and O–H groups in total. The molecule has 21 heavy (non-hydrogen) atoms. The van der Waals surface area contributed by atoms with E-state index in [4.69, 9.17) is 5.73 Å². The van der Waals surface area contributed by atoms with Crippen LogP contribution in [0.25, 0.3) is 0 Å². The summed E-state index contributed by atoms with van der Waals surface area (Å²) < 4.78 is 0. The number of nitrogens with zero attached hydrogens (tertiary/aromatic N) is 3. The molecule has 0 aromatic carbocycles. The van der Waals surface area contributed by atoms with Gasteiger partial charge in [-0.25, -0.2) is 0 Å². The van der Waals surface area contributed by atoms with Gasteiger partial charge in [-0.05, 0) is 50.7 Å². The topological polar surface area (TPSA) is 84.1 Å². The van der Waals surface area contributed by atoms with E-state index >= 15 is 0 Å². The van der Waals surface area contributed by atoms with Gasteiger partial charge in [0.25, 0.3) is 5.91 Å². The molecule has 1 aliphatic heterocycles. The lowest BCUT2D eigenvalue weighted by atomic mass is 9.91. The maximum atomic E-state index is 12.2. The minimum Gasteiger partial charge on any atom is -0.355 e. The molecule has 1 aromatic heterocycles. The molecule has 0 bridgehead atoms. The molecule has 1 amide bonds. The minimum absolute atomic E-state index is 0.144. The highest BCUT2D eigenvalue weighted by Gasteiger charge is 2.22. The Bertz CT molecular complexity index is 483. The summed E-state index contributed by atoms with van der Waals surface area (Å²) >= 11 is 0. The smallest absolute Gasteiger partial charge is 0.272 e. The Kier molecular flexibility index (Phi) is 4.34. The van der Waals surface area contributed by atoms with Crippen LogP contribution in [0.3, 0.4) is 0 Å². The van der Waals surface area contributed by atoms with Crippen LogP contribution in [0.2, 0.25) is 0 Å². The number of hydrogen-bond donors (Lipinski definition) is 2. The van der Waals surface area contributed by atoms with E-state index in [1.54, 1.807) is 6.07 Å². The van der Waals surface area contributed by atoms with Gasteiger partial charge in [-0.1, -0.05) is 0 Å². The molecule has 2 aliphatic rings. The van der Waals surface area contributed by atoms with Crippen molar-refractivity contribution in [1.29, 1.82) is 0 Å². The van der Waals surface area contributed by atoms with E-state index in [2.05, 4.69) is 20.4 Å². The van der Waals surface area contributed by atoms with E-state index in [1.807, 2.05) is 6.07 Å². The Morgan fingerprint density at radius 1 is 1.19 bits per heavy atom. The lowest BCUT2D eigenvalue weighted by Gasteiger charge is -2.27. The second-order valence-electron chi connectivity index (χ2n) is 6.07. The van der Waals surface area contributed by atoms with E-state index in [1.165, 1.54) is 12.8 Å². The molecule has 0 spiro atoms. The standard InChI is InChI=1S/C15H23N5O/c16-11-4-3-5-12(10-11)17-15(21)13-6-7-14(19-18-13)20-8-1-2-9-20/h6-7,11-12H,1-5,8-10,16H2,(H,17,21). The van der Waals surface area contributed by atoms with E-state index in [0.29, 0.717) is 5.69 Å². The van der Waals surface area contributed by atoms with Crippen molar-refractivity contribution < 1.29 is 4.79 Å². The first-order chi connectivity index (χ1) is 10.2. The fourth-order valence-electron chi connectivity index (χ4n) is 3.18. The van der Waals surface area contributed by atoms with Crippen molar-refractivity contribution in [1.82, 2.24) is 15.5 Å². The van der Waals surface area contributed by atoms with Crippen LogP contribution in [0, 0.1) is 0 Å². The third-order valence-corrected chi connectivity index (χ3v) is 4.36. The first kappa shape index (κ1) is 14.3. The van der Waals surface area contributed by atoms with Crippen molar-refractivity contribution >= 4 is 11.7 Å². The van der Waals surface area contributed by atoms with Gasteiger partial charge in [0.15, 0.2) is 11.5 Å². The predicted octanol–water partition coefficient (Wildman–Crippen LogP) is 1.08. The fraction of sp³-hybridized carbons (Fsp3) is 0.667. The molecule has 6 heteroatoms. The molecule has 1 saturated carbocycles. The van der Waals surface area contributed by atoms with Crippen LogP contribution in [0.4, 0.5) is 5.82 Å². The Labute approximate surface area is 125 Å². The molecular weight excluding hydrogens is 266 g/mol. The largest absolute Gasteiger partial charge is 0.355 e. The second-order valence-corrected chi connectivity index (χ2v) is 6.07. The summed E-state index contributed by atoms with van der Waals surface area (Å²) in [6.45, 7) is 2.06. The summed E-state index contributed by atoms with van der Waals surface area (Å²) in [5.41, 5.74) is 6.33. The zero-order chi connectivity index (χ0) is 14.7. The molecule has 3 rings (SSSR count). The number of carbonyl (C=O) groups excluding carboxylic acids is 1. The summed E-state index contributed by atoms with van der Waals surface area (Å²) in [6, 6.07) is 4.02. The summed E-state index contributed by atoms with van der Waals surface area (Å²) in [7, 11) is 0. The molecule has 0 radical (unpaired) electrons. The zero-order valence-electron chi connectivity index (χ0n) is 12.3. The molecule has 2 fully saturated rings. The highest BCUT2D eigenvalue weighted by molar-refractivity contribution is 5.92. The predicted molar refractivity (Wildman–Crippen MR) is 81.2 cm³/mol. The highest BCUT2D eigenvalue weighted by Crippen LogP contribution is 2.18. The Balaban J connectivity index is 1.59. The number of anilines is 1. The lowest BCUT2D eigenvalue weighted by molar-refractivity contribution is 0.0919. The molecular formula is C15H23N5O. The molecule has 2 atom stereocenters. The molecule has 1 saturated heterocycles. The normalized spacial score (nSPS) is 25.9. The van der Waals surface area contributed by atoms with Gasteiger partial charge in [0.1, 0.15) is 0 Å². The number of nitrogens with one attached hydrogen (secondary N) is 1. The number of hydrogen-bond acceptors (Lipinski definition) is 5. The van der Waals surface area contributed by atoms with Gasteiger partial charge in [0, 0.05) is 25.2 Å². The number of aromatic nitrogens is 2. The average molecular weight is 289 g/mol. The minimum atomic E-state index is -0.144. The van der Waals surface area contributed by atoms with Gasteiger partial charge < -0.3 is 16.0 Å². The maximum Gasteiger partial charge on any atom is 0.272 e. The summed E-state index contributed by atoms with van der Waals surface area (Å²) in [6.07, 6.45) is 6.38. The van der Waals surface area contributed by atoms with Crippen LogP contribution >= 0.6 is 0 Å². The average Bonchev–Trinajstić information content (AvgIpc) is 3.01. The summed E-state index contributed by atoms with van der Waals surface area (Å²) in [4.78, 5) is 14.4. The fourth-order valence-corrected chi connectivity index (χ4v) is 3.18. The monoisotopic (exact) mass is 289 g/mol. The number of rotatable bonds is 3. The van der Waals surface area contributed by atoms with E-state index in [-0.39, 0.29) is 18.0 Å². The van der Waals surface area contributed by atoms with Crippen LogP contribution in [0.15, 0.2) is 12.1 Å². The zero-order valence-corrected chi connectivity index (χ0v) is 12.3. The van der Waals surface area contributed by atoms with Crippen molar-refractivity contribution in [2.75, 3.05) is 18.0 Å². The van der Waals surface area contributed by atoms with Crippen LogP contribution in [0.1, 0.15) is 49.0 Å². The third kappa shape index (κ3) is 3.50. The van der Waals surface area contributed by atoms with Crippen LogP contribution in [-0.2, 0) is 0 Å². The summed E-state index contributed by atoms with van der Waals surface area (Å²) in [5, 5.41) is 11.3. The van der Waals surface area contributed by atoms with Gasteiger partial charge >= 0.3 is 0 Å². The SMILES string of the molecule is NC1CCCC(NC(=O)c2ccc(N3CCCC3)nn2)C1. The second kappa shape index (κ2) is 6.39. The number of nitrogens with two attached hydrogens (primary N) is 1. The quantitative estimate of drug-likeness (QED) is 0.869. The Hall–Kier alpha value is -1.69. The first-order valence-electron chi connectivity index (χ1n) is 7.87. The first-order valence-corrected chi connectivity index (χ1v) is 7.87. The lowest BCUT2D eigenvalue weighted by Crippen LogP contribution is -2.42. The summed E-state index contributed by atoms with van der Waals surface area (Å²) in [5.74, 6) is 0.721. The van der Waals surface area contributed by atoms with Crippen molar-refractivity contribution in [2.45, 2.75) is 50.6 Å². The Morgan fingerprint density at radius 2 is 2.00 bits per heavy atom. The van der Waals surface area contributed by atoms with Gasteiger partial charge in [-0.3, -0.25) is 4.79 Å². The van der Waals surface area contributed by atoms with Gasteiger partial charge in [0.05, 0.1) is 0 Å². The van der Waals surface area contributed by atoms with E-state index in [9.17, 15) is 4.79 Å². The molecule has 1 aliphatic carbocycles. The molecule has 2 unspecified atom stereocenters. The van der Waals surface area contributed by atoms with Crippen LogP contribution in [0.5, 0.6) is 0 Å².